The molecule has 6 heteroatoms. The van der Waals surface area contributed by atoms with Crippen LogP contribution in [0, 0.1) is 0 Å². The van der Waals surface area contributed by atoms with Crippen LogP contribution >= 0.6 is 11.3 Å². The Morgan fingerprint density at radius 3 is 2.75 bits per heavy atom. The fourth-order valence-electron chi connectivity index (χ4n) is 1.83. The van der Waals surface area contributed by atoms with Crippen LogP contribution in [-0.2, 0) is 9.53 Å². The summed E-state index contributed by atoms with van der Waals surface area (Å²) in [6.07, 6.45) is 4.28. The van der Waals surface area contributed by atoms with Crippen LogP contribution in [0.4, 0.5) is 0 Å². The predicted octanol–water partition coefficient (Wildman–Crippen LogP) is 2.58. The third-order valence-corrected chi connectivity index (χ3v) is 4.09. The molecule has 0 aromatic carbocycles. The van der Waals surface area contributed by atoms with Gasteiger partial charge in [0, 0.05) is 30.4 Å². The number of amides is 1. The standard InChI is InChI=1S/C14H18N2O3S/c1-9(2)16-7-10-6-11(20-12(10)8-16)14(18)15-5-4-13(17)19-3/h6-9H,4-5H2,1-3H3,(H,15,18). The van der Waals surface area contributed by atoms with Gasteiger partial charge in [-0.3, -0.25) is 9.59 Å². The smallest absolute Gasteiger partial charge is 0.307 e. The van der Waals surface area contributed by atoms with Crippen LogP contribution in [0.5, 0.6) is 0 Å². The van der Waals surface area contributed by atoms with Crippen LogP contribution in [0.15, 0.2) is 18.5 Å². The third-order valence-electron chi connectivity index (χ3n) is 3.01. The highest BCUT2D eigenvalue weighted by molar-refractivity contribution is 7.20. The van der Waals surface area contributed by atoms with Crippen molar-refractivity contribution < 1.29 is 14.3 Å². The summed E-state index contributed by atoms with van der Waals surface area (Å²) in [4.78, 5) is 23.6. The number of thiophene rings is 1. The zero-order chi connectivity index (χ0) is 14.7. The second-order valence-electron chi connectivity index (χ2n) is 4.81. The predicted molar refractivity (Wildman–Crippen MR) is 79.2 cm³/mol. The third kappa shape index (κ3) is 3.19. The summed E-state index contributed by atoms with van der Waals surface area (Å²) < 4.78 is 7.74. The molecule has 2 rings (SSSR count). The van der Waals surface area contributed by atoms with Gasteiger partial charge in [-0.1, -0.05) is 0 Å². The van der Waals surface area contributed by atoms with Crippen molar-refractivity contribution >= 4 is 33.3 Å². The van der Waals surface area contributed by atoms with Gasteiger partial charge in [-0.05, 0) is 19.9 Å². The minimum Gasteiger partial charge on any atom is -0.469 e. The normalized spacial score (nSPS) is 11.0. The maximum absolute atomic E-state index is 11.9. The number of hydrogen-bond acceptors (Lipinski definition) is 4. The summed E-state index contributed by atoms with van der Waals surface area (Å²) in [5, 5.41) is 3.79. The first-order valence-corrected chi connectivity index (χ1v) is 7.29. The maximum atomic E-state index is 11.9. The lowest BCUT2D eigenvalue weighted by Crippen LogP contribution is -2.25. The Bertz CT molecular complexity index is 596. The van der Waals surface area contributed by atoms with Crippen molar-refractivity contribution in [3.63, 3.8) is 0 Å². The molecule has 0 aliphatic heterocycles. The van der Waals surface area contributed by atoms with E-state index in [4.69, 9.17) is 0 Å². The van der Waals surface area contributed by atoms with E-state index in [0.717, 1.165) is 10.1 Å². The molecule has 1 amide bonds. The molecule has 0 spiro atoms. The van der Waals surface area contributed by atoms with E-state index in [1.165, 1.54) is 18.4 Å². The van der Waals surface area contributed by atoms with Gasteiger partial charge >= 0.3 is 5.97 Å². The average Bonchev–Trinajstić information content (AvgIpc) is 2.96. The van der Waals surface area contributed by atoms with E-state index in [1.54, 1.807) is 0 Å². The molecule has 0 saturated carbocycles. The molecule has 0 aliphatic rings. The second kappa shape index (κ2) is 6.09. The van der Waals surface area contributed by atoms with Crippen LogP contribution in [0.3, 0.4) is 0 Å². The number of fused-ring (bicyclic) bond motifs is 1. The van der Waals surface area contributed by atoms with Gasteiger partial charge < -0.3 is 14.6 Å². The average molecular weight is 294 g/mol. The minimum atomic E-state index is -0.326. The Morgan fingerprint density at radius 2 is 2.15 bits per heavy atom. The van der Waals surface area contributed by atoms with Gasteiger partial charge in [-0.15, -0.1) is 11.3 Å². The Morgan fingerprint density at radius 1 is 1.40 bits per heavy atom. The van der Waals surface area contributed by atoms with Crippen LogP contribution in [0.2, 0.25) is 0 Å². The first-order valence-electron chi connectivity index (χ1n) is 6.47. The van der Waals surface area contributed by atoms with Gasteiger partial charge in [0.25, 0.3) is 5.91 Å². The highest BCUT2D eigenvalue weighted by Gasteiger charge is 2.12. The number of carbonyl (C=O) groups is 2. The molecule has 2 heterocycles. The monoisotopic (exact) mass is 294 g/mol. The molecule has 0 bridgehead atoms. The van der Waals surface area contributed by atoms with E-state index in [2.05, 4.69) is 34.7 Å². The number of methoxy groups -OCH3 is 1. The van der Waals surface area contributed by atoms with E-state index in [0.29, 0.717) is 17.5 Å². The van der Waals surface area contributed by atoms with Crippen LogP contribution in [0.1, 0.15) is 36.0 Å². The molecule has 0 radical (unpaired) electrons. The van der Waals surface area contributed by atoms with Crippen molar-refractivity contribution in [1.82, 2.24) is 9.88 Å². The molecule has 0 atom stereocenters. The highest BCUT2D eigenvalue weighted by Crippen LogP contribution is 2.27. The zero-order valence-corrected chi connectivity index (χ0v) is 12.6. The fraction of sp³-hybridized carbons (Fsp3) is 0.429. The first kappa shape index (κ1) is 14.6. The van der Waals surface area contributed by atoms with Gasteiger partial charge in [0.15, 0.2) is 0 Å². The summed E-state index contributed by atoms with van der Waals surface area (Å²) in [6, 6.07) is 2.29. The summed E-state index contributed by atoms with van der Waals surface area (Å²) in [7, 11) is 1.33. The van der Waals surface area contributed by atoms with Crippen LogP contribution < -0.4 is 5.32 Å². The van der Waals surface area contributed by atoms with Crippen molar-refractivity contribution in [2.24, 2.45) is 0 Å². The van der Waals surface area contributed by atoms with Crippen LogP contribution in [-0.4, -0.2) is 30.1 Å². The molecule has 0 fully saturated rings. The molecule has 1 N–H and O–H groups in total. The van der Waals surface area contributed by atoms with E-state index < -0.39 is 0 Å². The first-order chi connectivity index (χ1) is 9.51. The number of rotatable bonds is 5. The van der Waals surface area contributed by atoms with E-state index in [1.807, 2.05) is 12.3 Å². The molecule has 0 saturated heterocycles. The molecule has 108 valence electrons. The number of esters is 1. The topological polar surface area (TPSA) is 60.3 Å². The Kier molecular flexibility index (Phi) is 4.44. The van der Waals surface area contributed by atoms with E-state index in [-0.39, 0.29) is 18.3 Å². The number of hydrogen-bond donors (Lipinski definition) is 1. The Balaban J connectivity index is 2.00. The SMILES string of the molecule is COC(=O)CCNC(=O)c1cc2cn(C(C)C)cc2s1. The van der Waals surface area contributed by atoms with Gasteiger partial charge in [0.05, 0.1) is 23.1 Å². The van der Waals surface area contributed by atoms with Crippen LogP contribution in [0.25, 0.3) is 10.1 Å². The van der Waals surface area contributed by atoms with E-state index >= 15 is 0 Å². The summed E-state index contributed by atoms with van der Waals surface area (Å²) in [6.45, 7) is 4.52. The lowest BCUT2D eigenvalue weighted by Gasteiger charge is -2.05. The van der Waals surface area contributed by atoms with Crippen molar-refractivity contribution in [3.8, 4) is 0 Å². The molecule has 0 unspecified atom stereocenters. The lowest BCUT2D eigenvalue weighted by atomic mass is 10.3. The molecular formula is C14H18N2O3S. The number of ether oxygens (including phenoxy) is 1. The largest absolute Gasteiger partial charge is 0.469 e. The highest BCUT2D eigenvalue weighted by atomic mass is 32.1. The molecule has 5 nitrogen and oxygen atoms in total. The quantitative estimate of drug-likeness (QED) is 0.862. The van der Waals surface area contributed by atoms with Crippen molar-refractivity contribution in [1.29, 1.82) is 0 Å². The van der Waals surface area contributed by atoms with E-state index in [9.17, 15) is 9.59 Å². The summed E-state index contributed by atoms with van der Waals surface area (Å²) in [5.74, 6) is -0.473. The fourth-order valence-corrected chi connectivity index (χ4v) is 2.82. The Labute approximate surface area is 121 Å². The molecular weight excluding hydrogens is 276 g/mol. The molecule has 20 heavy (non-hydrogen) atoms. The number of nitrogens with one attached hydrogen (secondary N) is 1. The van der Waals surface area contributed by atoms with Gasteiger partial charge in [0.1, 0.15) is 0 Å². The van der Waals surface area contributed by atoms with Gasteiger partial charge in [-0.25, -0.2) is 0 Å². The van der Waals surface area contributed by atoms with Crippen molar-refractivity contribution in [2.45, 2.75) is 26.3 Å². The Hall–Kier alpha value is -1.82. The van der Waals surface area contributed by atoms with Crippen molar-refractivity contribution in [2.75, 3.05) is 13.7 Å². The molecule has 0 aliphatic carbocycles. The summed E-state index contributed by atoms with van der Waals surface area (Å²) >= 11 is 1.46. The second-order valence-corrected chi connectivity index (χ2v) is 5.90. The lowest BCUT2D eigenvalue weighted by molar-refractivity contribution is -0.140. The number of carbonyl (C=O) groups excluding carboxylic acids is 2. The minimum absolute atomic E-state index is 0.147. The number of aromatic nitrogens is 1. The summed E-state index contributed by atoms with van der Waals surface area (Å²) in [5.41, 5.74) is 0. The van der Waals surface area contributed by atoms with Gasteiger partial charge in [-0.2, -0.15) is 0 Å². The van der Waals surface area contributed by atoms with Gasteiger partial charge in [0.2, 0.25) is 0 Å². The molecule has 2 aromatic rings. The molecule has 2 aromatic heterocycles. The zero-order valence-electron chi connectivity index (χ0n) is 11.8. The maximum Gasteiger partial charge on any atom is 0.307 e. The van der Waals surface area contributed by atoms with Crippen molar-refractivity contribution in [3.05, 3.63) is 23.3 Å². The number of nitrogens with zero attached hydrogens (tertiary/aromatic N) is 1.